The average Bonchev–Trinajstić information content (AvgIpc) is 3.38. The van der Waals surface area contributed by atoms with Gasteiger partial charge in [0.15, 0.2) is 0 Å². The zero-order valence-corrected chi connectivity index (χ0v) is 15.8. The van der Waals surface area contributed by atoms with Crippen molar-refractivity contribution in [1.29, 1.82) is 0 Å². The molecule has 1 aliphatic carbocycles. The monoisotopic (exact) mass is 364 g/mol. The fourth-order valence-corrected chi connectivity index (χ4v) is 4.75. The second-order valence-corrected chi connectivity index (χ2v) is 8.68. The highest BCUT2D eigenvalue weighted by Crippen LogP contribution is 2.32. The molecule has 0 bridgehead atoms. The molecule has 26 heavy (non-hydrogen) atoms. The van der Waals surface area contributed by atoms with Crippen molar-refractivity contribution in [1.82, 2.24) is 19.8 Å². The normalized spacial score (nSPS) is 19.2. The Bertz CT molecular complexity index is 843. The molecule has 1 aromatic carbocycles. The summed E-state index contributed by atoms with van der Waals surface area (Å²) in [6.07, 6.45) is 6.43. The van der Waals surface area contributed by atoms with Gasteiger partial charge < -0.3 is 4.90 Å². The van der Waals surface area contributed by atoms with Crippen molar-refractivity contribution in [2.24, 2.45) is 5.92 Å². The Morgan fingerprint density at radius 1 is 1.00 bits per heavy atom. The van der Waals surface area contributed by atoms with Crippen molar-refractivity contribution >= 4 is 21.6 Å². The Balaban J connectivity index is 1.21. The van der Waals surface area contributed by atoms with Gasteiger partial charge in [-0.3, -0.25) is 4.90 Å². The second-order valence-electron chi connectivity index (χ2n) is 7.60. The minimum absolute atomic E-state index is 1.01. The smallest absolute Gasteiger partial charge is 0.116 e. The van der Waals surface area contributed by atoms with E-state index in [0.717, 1.165) is 22.7 Å². The van der Waals surface area contributed by atoms with Crippen molar-refractivity contribution in [3.8, 4) is 10.4 Å². The summed E-state index contributed by atoms with van der Waals surface area (Å²) < 4.78 is 1.15. The Kier molecular flexibility index (Phi) is 4.44. The van der Waals surface area contributed by atoms with Gasteiger partial charge in [0.25, 0.3) is 0 Å². The van der Waals surface area contributed by atoms with Crippen LogP contribution in [0, 0.1) is 5.92 Å². The molecule has 1 saturated heterocycles. The van der Waals surface area contributed by atoms with Crippen LogP contribution in [0.15, 0.2) is 42.9 Å². The van der Waals surface area contributed by atoms with Crippen LogP contribution >= 0.6 is 11.3 Å². The summed E-state index contributed by atoms with van der Waals surface area (Å²) in [7, 11) is 0. The molecule has 3 aromatic rings. The molecule has 0 amide bonds. The van der Waals surface area contributed by atoms with E-state index < -0.39 is 0 Å². The maximum atomic E-state index is 4.34. The van der Waals surface area contributed by atoms with Gasteiger partial charge in [0.05, 0.1) is 10.2 Å². The van der Waals surface area contributed by atoms with Gasteiger partial charge >= 0.3 is 0 Å². The Morgan fingerprint density at radius 3 is 2.50 bits per heavy atom. The van der Waals surface area contributed by atoms with Crippen LogP contribution < -0.4 is 0 Å². The standard InChI is InChI=1S/C21H24N4S/c1-2-16(1)13-24-7-9-25(10-8-24)14-17-3-5-18(6-4-17)20-11-19-21(26-20)12-22-15-23-19/h3-6,11-12,15-16H,1-2,7-10,13-14H2. The fourth-order valence-electron chi connectivity index (χ4n) is 3.76. The van der Waals surface area contributed by atoms with E-state index in [1.54, 1.807) is 17.7 Å². The minimum atomic E-state index is 1.01. The second kappa shape index (κ2) is 7.06. The van der Waals surface area contributed by atoms with Crippen LogP contribution in [-0.4, -0.2) is 52.5 Å². The molecule has 0 unspecified atom stereocenters. The van der Waals surface area contributed by atoms with E-state index in [4.69, 9.17) is 0 Å². The van der Waals surface area contributed by atoms with Gasteiger partial charge in [-0.05, 0) is 36.0 Å². The first-order chi connectivity index (χ1) is 12.8. The number of aromatic nitrogens is 2. The van der Waals surface area contributed by atoms with Crippen molar-refractivity contribution < 1.29 is 0 Å². The lowest BCUT2D eigenvalue weighted by atomic mass is 10.1. The first kappa shape index (κ1) is 16.4. The Labute approximate surface area is 158 Å². The summed E-state index contributed by atoms with van der Waals surface area (Å²) in [5.74, 6) is 1.01. The van der Waals surface area contributed by atoms with Gasteiger partial charge in [-0.1, -0.05) is 24.3 Å². The number of hydrogen-bond donors (Lipinski definition) is 0. The molecule has 0 radical (unpaired) electrons. The highest BCUT2D eigenvalue weighted by Gasteiger charge is 2.26. The van der Waals surface area contributed by atoms with Crippen LogP contribution in [-0.2, 0) is 6.54 Å². The quantitative estimate of drug-likeness (QED) is 0.688. The van der Waals surface area contributed by atoms with Gasteiger partial charge in [0.2, 0.25) is 0 Å². The third-order valence-corrected chi connectivity index (χ3v) is 6.63. The third-order valence-electron chi connectivity index (χ3n) is 5.52. The summed E-state index contributed by atoms with van der Waals surface area (Å²) in [6.45, 7) is 7.26. The summed E-state index contributed by atoms with van der Waals surface area (Å²) in [5.41, 5.74) is 3.71. The summed E-state index contributed by atoms with van der Waals surface area (Å²) >= 11 is 1.76. The van der Waals surface area contributed by atoms with E-state index in [9.17, 15) is 0 Å². The molecule has 2 aromatic heterocycles. The Morgan fingerprint density at radius 2 is 1.77 bits per heavy atom. The van der Waals surface area contributed by atoms with Gasteiger partial charge in [0, 0.05) is 50.3 Å². The molecule has 3 heterocycles. The number of fused-ring (bicyclic) bond motifs is 1. The maximum Gasteiger partial charge on any atom is 0.116 e. The molecule has 2 fully saturated rings. The molecule has 1 aliphatic heterocycles. The predicted molar refractivity (Wildman–Crippen MR) is 107 cm³/mol. The number of benzene rings is 1. The molecule has 4 nitrogen and oxygen atoms in total. The first-order valence-corrected chi connectivity index (χ1v) is 10.4. The van der Waals surface area contributed by atoms with E-state index in [2.05, 4.69) is 50.1 Å². The van der Waals surface area contributed by atoms with Crippen LogP contribution in [0.1, 0.15) is 18.4 Å². The highest BCUT2D eigenvalue weighted by atomic mass is 32.1. The highest BCUT2D eigenvalue weighted by molar-refractivity contribution is 7.22. The molecule has 134 valence electrons. The van der Waals surface area contributed by atoms with Crippen molar-refractivity contribution in [2.75, 3.05) is 32.7 Å². The van der Waals surface area contributed by atoms with Crippen molar-refractivity contribution in [2.45, 2.75) is 19.4 Å². The molecule has 5 rings (SSSR count). The van der Waals surface area contributed by atoms with Crippen LogP contribution in [0.3, 0.4) is 0 Å². The molecular weight excluding hydrogens is 340 g/mol. The van der Waals surface area contributed by atoms with E-state index in [1.165, 1.54) is 61.6 Å². The zero-order chi connectivity index (χ0) is 17.3. The molecule has 5 heteroatoms. The summed E-state index contributed by atoms with van der Waals surface area (Å²) in [4.78, 5) is 15.0. The Hall–Kier alpha value is -1.82. The molecule has 0 atom stereocenters. The number of thiophene rings is 1. The predicted octanol–water partition coefficient (Wildman–Crippen LogP) is 3.89. The molecule has 1 saturated carbocycles. The van der Waals surface area contributed by atoms with Crippen LogP contribution in [0.5, 0.6) is 0 Å². The number of piperazine rings is 1. The summed E-state index contributed by atoms with van der Waals surface area (Å²) in [6, 6.07) is 11.2. The molecular formula is C21H24N4S. The van der Waals surface area contributed by atoms with E-state index in [0.29, 0.717) is 0 Å². The average molecular weight is 365 g/mol. The number of hydrogen-bond acceptors (Lipinski definition) is 5. The topological polar surface area (TPSA) is 32.3 Å². The fraction of sp³-hybridized carbons (Fsp3) is 0.429. The zero-order valence-electron chi connectivity index (χ0n) is 15.0. The van der Waals surface area contributed by atoms with Gasteiger partial charge in [-0.2, -0.15) is 0 Å². The molecule has 0 N–H and O–H groups in total. The minimum Gasteiger partial charge on any atom is -0.301 e. The summed E-state index contributed by atoms with van der Waals surface area (Å²) in [5, 5.41) is 0. The molecule has 2 aliphatic rings. The van der Waals surface area contributed by atoms with E-state index >= 15 is 0 Å². The largest absolute Gasteiger partial charge is 0.301 e. The van der Waals surface area contributed by atoms with Crippen LogP contribution in [0.4, 0.5) is 0 Å². The number of rotatable bonds is 5. The SMILES string of the molecule is c1ncc2sc(-c3ccc(CN4CCN(CC5CC5)CC4)cc3)cc2n1. The van der Waals surface area contributed by atoms with Gasteiger partial charge in [0.1, 0.15) is 6.33 Å². The van der Waals surface area contributed by atoms with E-state index in [1.807, 2.05) is 6.20 Å². The molecule has 0 spiro atoms. The lowest BCUT2D eigenvalue weighted by molar-refractivity contribution is 0.123. The first-order valence-electron chi connectivity index (χ1n) is 9.57. The lowest BCUT2D eigenvalue weighted by Gasteiger charge is -2.34. The van der Waals surface area contributed by atoms with E-state index in [-0.39, 0.29) is 0 Å². The lowest BCUT2D eigenvalue weighted by Crippen LogP contribution is -2.46. The maximum absolute atomic E-state index is 4.34. The van der Waals surface area contributed by atoms with Crippen LogP contribution in [0.2, 0.25) is 0 Å². The van der Waals surface area contributed by atoms with Crippen molar-refractivity contribution in [3.63, 3.8) is 0 Å². The van der Waals surface area contributed by atoms with Crippen molar-refractivity contribution in [3.05, 3.63) is 48.4 Å². The number of nitrogens with zero attached hydrogens (tertiary/aromatic N) is 4. The van der Waals surface area contributed by atoms with Gasteiger partial charge in [-0.15, -0.1) is 11.3 Å². The third kappa shape index (κ3) is 3.65. The van der Waals surface area contributed by atoms with Crippen LogP contribution in [0.25, 0.3) is 20.7 Å². The van der Waals surface area contributed by atoms with Gasteiger partial charge in [-0.25, -0.2) is 9.97 Å².